The highest BCUT2D eigenvalue weighted by molar-refractivity contribution is 5.94. The molecule has 1 aliphatic heterocycles. The maximum Gasteiger partial charge on any atom is 0.343 e. The number of aromatic nitrogens is 1. The number of carbonyl (C=O) groups excluding carboxylic acids is 1. The minimum atomic E-state index is -0.716. The van der Waals surface area contributed by atoms with Crippen LogP contribution in [-0.2, 0) is 11.3 Å². The Hall–Kier alpha value is -2.67. The number of hydrogen-bond acceptors (Lipinski definition) is 5. The van der Waals surface area contributed by atoms with Crippen LogP contribution in [0.4, 0.5) is 10.1 Å². The lowest BCUT2D eigenvalue weighted by molar-refractivity contribution is 0.0598. The molecule has 0 N–H and O–H groups in total. The van der Waals surface area contributed by atoms with Gasteiger partial charge in [0.15, 0.2) is 0 Å². The van der Waals surface area contributed by atoms with Gasteiger partial charge < -0.3 is 14.2 Å². The molecule has 0 spiro atoms. The Labute approximate surface area is 157 Å². The first-order chi connectivity index (χ1) is 13.0. The standard InChI is InChI=1S/C20H24FN3O3/c1-4-6-22-7-9-24(10-8-22)18-12-17-14(11-16(18)21)19(25)15(20(26)27-3)13-23(17)5-2/h4,11-13H,1,5-10H2,2-3H3. The van der Waals surface area contributed by atoms with Crippen LogP contribution in [0.5, 0.6) is 0 Å². The van der Waals surface area contributed by atoms with Crippen LogP contribution in [0.1, 0.15) is 17.3 Å². The maximum atomic E-state index is 14.8. The van der Waals surface area contributed by atoms with Gasteiger partial charge in [-0.3, -0.25) is 9.69 Å². The van der Waals surface area contributed by atoms with Gasteiger partial charge in [0.1, 0.15) is 11.4 Å². The van der Waals surface area contributed by atoms with Gasteiger partial charge in [-0.25, -0.2) is 9.18 Å². The van der Waals surface area contributed by atoms with Gasteiger partial charge in [0.05, 0.1) is 18.3 Å². The first-order valence-corrected chi connectivity index (χ1v) is 9.03. The van der Waals surface area contributed by atoms with Gasteiger partial charge in [-0.1, -0.05) is 6.08 Å². The number of benzene rings is 1. The monoisotopic (exact) mass is 373 g/mol. The summed E-state index contributed by atoms with van der Waals surface area (Å²) < 4.78 is 21.3. The van der Waals surface area contributed by atoms with Gasteiger partial charge in [0, 0.05) is 50.9 Å². The molecule has 2 heterocycles. The second-order valence-corrected chi connectivity index (χ2v) is 6.55. The molecule has 0 bridgehead atoms. The van der Waals surface area contributed by atoms with Crippen molar-refractivity contribution < 1.29 is 13.9 Å². The van der Waals surface area contributed by atoms with E-state index in [9.17, 15) is 14.0 Å². The fraction of sp³-hybridized carbons (Fsp3) is 0.400. The van der Waals surface area contributed by atoms with E-state index in [1.165, 1.54) is 19.4 Å². The minimum absolute atomic E-state index is 0.0861. The predicted octanol–water partition coefficient (Wildman–Crippen LogP) is 2.26. The van der Waals surface area contributed by atoms with E-state index < -0.39 is 17.2 Å². The highest BCUT2D eigenvalue weighted by atomic mass is 19.1. The van der Waals surface area contributed by atoms with Crippen molar-refractivity contribution in [3.63, 3.8) is 0 Å². The fourth-order valence-corrected chi connectivity index (χ4v) is 3.51. The summed E-state index contributed by atoms with van der Waals surface area (Å²) in [4.78, 5) is 28.8. The lowest BCUT2D eigenvalue weighted by Gasteiger charge is -2.35. The van der Waals surface area contributed by atoms with E-state index in [1.807, 2.05) is 17.9 Å². The summed E-state index contributed by atoms with van der Waals surface area (Å²) >= 11 is 0. The average molecular weight is 373 g/mol. The van der Waals surface area contributed by atoms with Crippen molar-refractivity contribution in [3.8, 4) is 0 Å². The minimum Gasteiger partial charge on any atom is -0.465 e. The number of aryl methyl sites for hydroxylation is 1. The Bertz CT molecular complexity index is 930. The number of anilines is 1. The Morgan fingerprint density at radius 2 is 2.00 bits per heavy atom. The van der Waals surface area contributed by atoms with Crippen molar-refractivity contribution in [3.05, 3.63) is 52.6 Å². The lowest BCUT2D eigenvalue weighted by atomic mass is 10.1. The summed E-state index contributed by atoms with van der Waals surface area (Å²) in [6.45, 7) is 10.1. The van der Waals surface area contributed by atoms with Crippen molar-refractivity contribution in [2.75, 3.05) is 44.7 Å². The molecule has 7 heteroatoms. The number of halogens is 1. The maximum absolute atomic E-state index is 14.8. The molecule has 1 aliphatic rings. The van der Waals surface area contributed by atoms with Crippen molar-refractivity contribution in [1.82, 2.24) is 9.47 Å². The quantitative estimate of drug-likeness (QED) is 0.594. The summed E-state index contributed by atoms with van der Waals surface area (Å²) in [5.74, 6) is -1.17. The van der Waals surface area contributed by atoms with E-state index >= 15 is 0 Å². The predicted molar refractivity (Wildman–Crippen MR) is 104 cm³/mol. The molecule has 1 fully saturated rings. The topological polar surface area (TPSA) is 54.8 Å². The molecular weight excluding hydrogens is 349 g/mol. The summed E-state index contributed by atoms with van der Waals surface area (Å²) in [5.41, 5.74) is 0.494. The highest BCUT2D eigenvalue weighted by Gasteiger charge is 2.22. The number of piperazine rings is 1. The van der Waals surface area contributed by atoms with E-state index in [4.69, 9.17) is 0 Å². The number of pyridine rings is 1. The molecule has 27 heavy (non-hydrogen) atoms. The van der Waals surface area contributed by atoms with Crippen LogP contribution in [0.3, 0.4) is 0 Å². The normalized spacial score (nSPS) is 15.1. The molecule has 2 aromatic rings. The molecule has 0 amide bonds. The number of ether oxygens (including phenoxy) is 1. The van der Waals surface area contributed by atoms with Crippen LogP contribution in [0.15, 0.2) is 35.8 Å². The van der Waals surface area contributed by atoms with Crippen LogP contribution in [0, 0.1) is 5.82 Å². The zero-order valence-electron chi connectivity index (χ0n) is 15.7. The zero-order chi connectivity index (χ0) is 19.6. The Morgan fingerprint density at radius 1 is 1.30 bits per heavy atom. The van der Waals surface area contributed by atoms with E-state index in [-0.39, 0.29) is 10.9 Å². The lowest BCUT2D eigenvalue weighted by Crippen LogP contribution is -2.46. The van der Waals surface area contributed by atoms with Gasteiger partial charge >= 0.3 is 5.97 Å². The van der Waals surface area contributed by atoms with E-state index in [2.05, 4.69) is 16.2 Å². The van der Waals surface area contributed by atoms with Crippen LogP contribution in [0.25, 0.3) is 10.9 Å². The summed E-state index contributed by atoms with van der Waals surface area (Å²) in [5, 5.41) is 0.186. The zero-order valence-corrected chi connectivity index (χ0v) is 15.7. The molecule has 1 saturated heterocycles. The van der Waals surface area contributed by atoms with Gasteiger partial charge in [-0.15, -0.1) is 6.58 Å². The third-order valence-electron chi connectivity index (χ3n) is 5.00. The smallest absolute Gasteiger partial charge is 0.343 e. The highest BCUT2D eigenvalue weighted by Crippen LogP contribution is 2.26. The summed E-state index contributed by atoms with van der Waals surface area (Å²) in [6, 6.07) is 2.95. The molecule has 0 unspecified atom stereocenters. The number of nitrogens with zero attached hydrogens (tertiary/aromatic N) is 3. The summed E-state index contributed by atoms with van der Waals surface area (Å²) in [7, 11) is 1.22. The third-order valence-corrected chi connectivity index (χ3v) is 5.00. The number of esters is 1. The van der Waals surface area contributed by atoms with E-state index in [0.717, 1.165) is 19.6 Å². The van der Waals surface area contributed by atoms with E-state index in [0.29, 0.717) is 30.8 Å². The number of hydrogen-bond donors (Lipinski definition) is 0. The first-order valence-electron chi connectivity index (χ1n) is 9.03. The van der Waals surface area contributed by atoms with Crippen LogP contribution < -0.4 is 10.3 Å². The van der Waals surface area contributed by atoms with Crippen molar-refractivity contribution in [2.45, 2.75) is 13.5 Å². The Kier molecular flexibility index (Phi) is 5.60. The molecule has 0 saturated carbocycles. The molecule has 0 atom stereocenters. The number of carbonyl (C=O) groups is 1. The largest absolute Gasteiger partial charge is 0.465 e. The van der Waals surface area contributed by atoms with Crippen LogP contribution >= 0.6 is 0 Å². The molecule has 1 aromatic carbocycles. The first kappa shape index (κ1) is 19.1. The molecule has 0 aliphatic carbocycles. The van der Waals surface area contributed by atoms with Gasteiger partial charge in [0.2, 0.25) is 5.43 Å². The SMILES string of the molecule is C=CCN1CCN(c2cc3c(cc2F)c(=O)c(C(=O)OC)cn3CC)CC1. The third kappa shape index (κ3) is 3.60. The number of rotatable bonds is 5. The van der Waals surface area contributed by atoms with Gasteiger partial charge in [-0.05, 0) is 19.1 Å². The Morgan fingerprint density at radius 3 is 2.59 bits per heavy atom. The van der Waals surface area contributed by atoms with Gasteiger partial charge in [-0.2, -0.15) is 0 Å². The average Bonchev–Trinajstić information content (AvgIpc) is 2.68. The molecule has 3 rings (SSSR count). The molecule has 1 aromatic heterocycles. The second-order valence-electron chi connectivity index (χ2n) is 6.55. The molecule has 0 radical (unpaired) electrons. The van der Waals surface area contributed by atoms with Crippen molar-refractivity contribution >= 4 is 22.6 Å². The molecule has 144 valence electrons. The van der Waals surface area contributed by atoms with Crippen LogP contribution in [0.2, 0.25) is 0 Å². The van der Waals surface area contributed by atoms with Crippen molar-refractivity contribution in [1.29, 1.82) is 0 Å². The molecular formula is C20H24FN3O3. The van der Waals surface area contributed by atoms with Crippen molar-refractivity contribution in [2.24, 2.45) is 0 Å². The number of methoxy groups -OCH3 is 1. The Balaban J connectivity index is 2.05. The van der Waals surface area contributed by atoms with E-state index in [1.54, 1.807) is 10.6 Å². The molecule has 6 nitrogen and oxygen atoms in total. The summed E-state index contributed by atoms with van der Waals surface area (Å²) in [6.07, 6.45) is 3.35. The van der Waals surface area contributed by atoms with Gasteiger partial charge in [0.25, 0.3) is 0 Å². The fourth-order valence-electron chi connectivity index (χ4n) is 3.51. The van der Waals surface area contributed by atoms with Crippen LogP contribution in [-0.4, -0.2) is 55.3 Å². The number of fused-ring (bicyclic) bond motifs is 1. The second kappa shape index (κ2) is 7.92.